The fourth-order valence-corrected chi connectivity index (χ4v) is 5.39. The molecule has 0 spiro atoms. The summed E-state index contributed by atoms with van der Waals surface area (Å²) in [5.41, 5.74) is 7.08. The molecular weight excluding hydrogens is 490 g/mol. The summed E-state index contributed by atoms with van der Waals surface area (Å²) in [7, 11) is 2.80. The number of halogens is 2. The summed E-state index contributed by atoms with van der Waals surface area (Å²) in [5, 5.41) is 7.99. The second kappa shape index (κ2) is 10.5. The number of carbonyl (C=O) groups is 2. The fraction of sp³-hybridized carbons (Fsp3) is 0.500. The zero-order chi connectivity index (χ0) is 26.8. The highest BCUT2D eigenvalue weighted by atomic mass is 32.1. The third-order valence-electron chi connectivity index (χ3n) is 5.97. The van der Waals surface area contributed by atoms with Crippen molar-refractivity contribution >= 4 is 34.2 Å². The summed E-state index contributed by atoms with van der Waals surface area (Å²) in [5.74, 6) is 0.394. The molecule has 36 heavy (non-hydrogen) atoms. The van der Waals surface area contributed by atoms with Crippen LogP contribution in [0.1, 0.15) is 72.4 Å². The minimum absolute atomic E-state index is 0.174. The lowest BCUT2D eigenvalue weighted by Gasteiger charge is -2.23. The molecule has 1 aromatic heterocycles. The van der Waals surface area contributed by atoms with Crippen molar-refractivity contribution in [1.82, 2.24) is 10.1 Å². The molecule has 9 nitrogen and oxygen atoms in total. The number of rotatable bonds is 7. The first kappa shape index (κ1) is 27.5. The number of nitrogens with zero attached hydrogens (tertiary/aromatic N) is 3. The predicted octanol–water partition coefficient (Wildman–Crippen LogP) is 3.81. The summed E-state index contributed by atoms with van der Waals surface area (Å²) in [6, 6.07) is 6.69. The van der Waals surface area contributed by atoms with E-state index in [0.717, 1.165) is 16.5 Å². The van der Waals surface area contributed by atoms with Crippen LogP contribution in [0.2, 0.25) is 0 Å². The topological polar surface area (TPSA) is 136 Å². The Labute approximate surface area is 212 Å². The van der Waals surface area contributed by atoms with Crippen LogP contribution in [0.15, 0.2) is 29.4 Å². The second-order valence-electron chi connectivity index (χ2n) is 9.95. The summed E-state index contributed by atoms with van der Waals surface area (Å²) >= 11 is 1.000. The maximum absolute atomic E-state index is 14.1. The van der Waals surface area contributed by atoms with E-state index in [2.05, 4.69) is 15.4 Å². The lowest BCUT2D eigenvalue weighted by molar-refractivity contribution is -0.118. The minimum Gasteiger partial charge on any atom is -0.465 e. The number of amides is 1. The van der Waals surface area contributed by atoms with Crippen LogP contribution in [0, 0.1) is 5.92 Å². The van der Waals surface area contributed by atoms with Crippen LogP contribution in [0.5, 0.6) is 0 Å². The van der Waals surface area contributed by atoms with Gasteiger partial charge in [0, 0.05) is 30.9 Å². The van der Waals surface area contributed by atoms with E-state index in [9.17, 15) is 18.4 Å². The van der Waals surface area contributed by atoms with Crippen molar-refractivity contribution in [2.45, 2.75) is 57.3 Å². The van der Waals surface area contributed by atoms with E-state index in [-0.39, 0.29) is 28.7 Å². The van der Waals surface area contributed by atoms with Gasteiger partial charge in [-0.1, -0.05) is 56.4 Å². The molecular formula is C24H32F2N6O3S. The Morgan fingerprint density at radius 3 is 2.44 bits per heavy atom. The summed E-state index contributed by atoms with van der Waals surface area (Å²) in [6.45, 7) is 5.67. The van der Waals surface area contributed by atoms with Crippen molar-refractivity contribution in [2.24, 2.45) is 22.6 Å². The molecule has 2 atom stereocenters. The van der Waals surface area contributed by atoms with Crippen molar-refractivity contribution in [3.63, 3.8) is 0 Å². The number of benzene rings is 1. The highest BCUT2D eigenvalue weighted by molar-refractivity contribution is 7.17. The van der Waals surface area contributed by atoms with Gasteiger partial charge in [0.15, 0.2) is 11.0 Å². The number of thiazole rings is 1. The quantitative estimate of drug-likeness (QED) is 0.165. The third kappa shape index (κ3) is 6.35. The molecule has 1 heterocycles. The number of ether oxygens (including phenoxy) is 1. The fourth-order valence-electron chi connectivity index (χ4n) is 4.29. The van der Waals surface area contributed by atoms with Crippen molar-refractivity contribution in [3.8, 4) is 0 Å². The van der Waals surface area contributed by atoms with Crippen molar-refractivity contribution < 1.29 is 23.1 Å². The maximum Gasteiger partial charge on any atom is 0.350 e. The van der Waals surface area contributed by atoms with Gasteiger partial charge in [0.1, 0.15) is 4.88 Å². The van der Waals surface area contributed by atoms with Crippen LogP contribution in [0.25, 0.3) is 0 Å². The largest absolute Gasteiger partial charge is 0.465 e. The molecule has 2 aromatic rings. The molecule has 2 unspecified atom stereocenters. The Bertz CT molecular complexity index is 1140. The van der Waals surface area contributed by atoms with Crippen LogP contribution in [0.3, 0.4) is 0 Å². The Hall–Kier alpha value is -3.12. The molecule has 1 amide bonds. The monoisotopic (exact) mass is 522 g/mol. The first-order valence-electron chi connectivity index (χ1n) is 11.4. The van der Waals surface area contributed by atoms with E-state index < -0.39 is 41.5 Å². The van der Waals surface area contributed by atoms with Gasteiger partial charge >= 0.3 is 5.97 Å². The van der Waals surface area contributed by atoms with Crippen LogP contribution in [-0.4, -0.2) is 47.9 Å². The van der Waals surface area contributed by atoms with Gasteiger partial charge in [-0.15, -0.1) is 5.10 Å². The molecule has 0 saturated heterocycles. The number of hydrazine groups is 1. The van der Waals surface area contributed by atoms with Crippen LogP contribution in [-0.2, 0) is 14.9 Å². The molecule has 0 radical (unpaired) electrons. The first-order valence-corrected chi connectivity index (χ1v) is 12.2. The smallest absolute Gasteiger partial charge is 0.350 e. The molecule has 3 rings (SSSR count). The number of nitrogens with one attached hydrogen (secondary N) is 1. The number of amidine groups is 1. The Kier molecular flexibility index (Phi) is 7.99. The van der Waals surface area contributed by atoms with Gasteiger partial charge in [-0.2, -0.15) is 0 Å². The first-order chi connectivity index (χ1) is 16.7. The summed E-state index contributed by atoms with van der Waals surface area (Å²) in [4.78, 5) is 30.6. The lowest BCUT2D eigenvalue weighted by Crippen LogP contribution is -2.28. The normalized spacial score (nSPS) is 18.6. The third-order valence-corrected chi connectivity index (χ3v) is 6.92. The number of anilines is 1. The number of nitrogens with two attached hydrogens (primary N) is 2. The van der Waals surface area contributed by atoms with Gasteiger partial charge in [0.25, 0.3) is 0 Å². The number of hydrogen-bond donors (Lipinski definition) is 3. The Morgan fingerprint density at radius 2 is 1.94 bits per heavy atom. The van der Waals surface area contributed by atoms with Crippen LogP contribution >= 0.6 is 11.3 Å². The van der Waals surface area contributed by atoms with Gasteiger partial charge in [-0.3, -0.25) is 4.79 Å². The highest BCUT2D eigenvalue weighted by Crippen LogP contribution is 2.46. The standard InChI is InChI=1S/C24H32F2N6O3S/c1-23(2,3)18-17(21(34)35-5)36-22(29-18)30-20(33)16(15-10-11-24(25,26)12-15)13-6-8-14(9-7-13)19(27)31-32(4)28/h6-9,15-16H,10-12,28H2,1-5H3,(H2,27,31)(H,29,30,33). The Morgan fingerprint density at radius 1 is 1.31 bits per heavy atom. The van der Waals surface area contributed by atoms with E-state index in [1.54, 1.807) is 24.3 Å². The number of hydrazone groups is 1. The zero-order valence-corrected chi connectivity index (χ0v) is 21.8. The maximum atomic E-state index is 14.1. The van der Waals surface area contributed by atoms with E-state index in [1.165, 1.54) is 14.2 Å². The Balaban J connectivity index is 1.95. The van der Waals surface area contributed by atoms with Gasteiger partial charge in [-0.25, -0.2) is 29.5 Å². The van der Waals surface area contributed by atoms with E-state index in [4.69, 9.17) is 16.3 Å². The predicted molar refractivity (Wildman–Crippen MR) is 135 cm³/mol. The van der Waals surface area contributed by atoms with E-state index in [0.29, 0.717) is 16.8 Å². The van der Waals surface area contributed by atoms with E-state index >= 15 is 0 Å². The number of aromatic nitrogens is 1. The number of esters is 1. The van der Waals surface area contributed by atoms with Gasteiger partial charge < -0.3 is 15.8 Å². The average Bonchev–Trinajstić information content (AvgIpc) is 3.36. The molecule has 1 saturated carbocycles. The number of alkyl halides is 2. The van der Waals surface area contributed by atoms with Gasteiger partial charge in [0.05, 0.1) is 18.7 Å². The molecule has 1 aromatic carbocycles. The molecule has 0 aliphatic heterocycles. The number of methoxy groups -OCH3 is 1. The van der Waals surface area contributed by atoms with E-state index in [1.807, 2.05) is 20.8 Å². The summed E-state index contributed by atoms with van der Waals surface area (Å²) < 4.78 is 33.1. The zero-order valence-electron chi connectivity index (χ0n) is 21.0. The van der Waals surface area contributed by atoms with Crippen molar-refractivity contribution in [2.75, 3.05) is 19.5 Å². The number of carbonyl (C=O) groups excluding carboxylic acids is 2. The molecule has 1 fully saturated rings. The second-order valence-corrected chi connectivity index (χ2v) is 10.9. The molecule has 5 N–H and O–H groups in total. The average molecular weight is 523 g/mol. The SMILES string of the molecule is COC(=O)c1sc(NC(=O)C(c2ccc(/C(N)=N/N(C)N)cc2)C2CCC(F)(F)C2)nc1C(C)(C)C. The minimum atomic E-state index is -2.83. The van der Waals surface area contributed by atoms with Crippen LogP contribution in [0.4, 0.5) is 13.9 Å². The lowest BCUT2D eigenvalue weighted by atomic mass is 9.83. The molecule has 0 bridgehead atoms. The van der Waals surface area contributed by atoms with Crippen molar-refractivity contribution in [1.29, 1.82) is 0 Å². The van der Waals surface area contributed by atoms with Crippen LogP contribution < -0.4 is 16.9 Å². The van der Waals surface area contributed by atoms with Crippen molar-refractivity contribution in [3.05, 3.63) is 46.0 Å². The van der Waals surface area contributed by atoms with Gasteiger partial charge in [-0.05, 0) is 17.9 Å². The molecule has 1 aliphatic rings. The summed E-state index contributed by atoms with van der Waals surface area (Å²) in [6.07, 6.45) is -0.472. The molecule has 196 valence electrons. The van der Waals surface area contributed by atoms with Gasteiger partial charge in [0.2, 0.25) is 11.8 Å². The molecule has 12 heteroatoms. The number of hydrogen-bond acceptors (Lipinski definition) is 8. The highest BCUT2D eigenvalue weighted by Gasteiger charge is 2.45. The molecule has 1 aliphatic carbocycles.